The highest BCUT2D eigenvalue weighted by atomic mass is 32.1. The second kappa shape index (κ2) is 9.65. The first-order chi connectivity index (χ1) is 13.5. The van der Waals surface area contributed by atoms with Crippen molar-refractivity contribution in [3.63, 3.8) is 0 Å². The Bertz CT molecular complexity index is 768. The molecule has 10 heteroatoms. The van der Waals surface area contributed by atoms with Gasteiger partial charge in [-0.2, -0.15) is 0 Å². The molecule has 0 saturated carbocycles. The molecule has 9 nitrogen and oxygen atoms in total. The van der Waals surface area contributed by atoms with Crippen LogP contribution in [0.15, 0.2) is 22.8 Å². The molecule has 1 saturated heterocycles. The fraction of sp³-hybridized carbons (Fsp3) is 0.556. The fourth-order valence-electron chi connectivity index (χ4n) is 2.97. The van der Waals surface area contributed by atoms with E-state index in [9.17, 15) is 9.59 Å². The molecule has 1 fully saturated rings. The van der Waals surface area contributed by atoms with Crippen LogP contribution in [0.2, 0.25) is 0 Å². The third-order valence-corrected chi connectivity index (χ3v) is 5.52. The first kappa shape index (κ1) is 20.3. The minimum Gasteiger partial charge on any atom is -0.467 e. The number of furan rings is 1. The van der Waals surface area contributed by atoms with Gasteiger partial charge in [0, 0.05) is 32.0 Å². The number of nitrogens with one attached hydrogen (secondary N) is 2. The summed E-state index contributed by atoms with van der Waals surface area (Å²) in [6, 6.07) is 3.43. The number of hydrogen-bond acceptors (Lipinski definition) is 7. The Labute approximate surface area is 168 Å². The van der Waals surface area contributed by atoms with Crippen LogP contribution in [0.1, 0.15) is 23.6 Å². The lowest BCUT2D eigenvalue weighted by Crippen LogP contribution is -2.44. The highest BCUT2D eigenvalue weighted by Gasteiger charge is 2.27. The van der Waals surface area contributed by atoms with Gasteiger partial charge in [-0.15, -0.1) is 10.2 Å². The molecule has 152 valence electrons. The average molecular weight is 407 g/mol. The summed E-state index contributed by atoms with van der Waals surface area (Å²) in [5.74, 6) is 0.650. The van der Waals surface area contributed by atoms with Gasteiger partial charge in [0.25, 0.3) is 0 Å². The van der Waals surface area contributed by atoms with Gasteiger partial charge in [0.05, 0.1) is 12.8 Å². The first-order valence-corrected chi connectivity index (χ1v) is 10.2. The molecule has 3 heterocycles. The van der Waals surface area contributed by atoms with Crippen molar-refractivity contribution in [2.75, 3.05) is 39.0 Å². The minimum absolute atomic E-state index is 0.00566. The monoisotopic (exact) mass is 406 g/mol. The topological polar surface area (TPSA) is 104 Å². The zero-order chi connectivity index (χ0) is 19.9. The minimum atomic E-state index is -0.190. The summed E-state index contributed by atoms with van der Waals surface area (Å²) >= 11 is 1.40. The molecule has 3 amide bonds. The molecule has 1 aliphatic rings. The number of carbonyl (C=O) groups excluding carboxylic acids is 2. The summed E-state index contributed by atoms with van der Waals surface area (Å²) in [7, 11) is 4.01. The van der Waals surface area contributed by atoms with E-state index in [1.165, 1.54) is 11.3 Å². The molecule has 2 N–H and O–H groups in total. The van der Waals surface area contributed by atoms with E-state index in [2.05, 4.69) is 25.7 Å². The van der Waals surface area contributed by atoms with E-state index in [4.69, 9.17) is 4.42 Å². The quantitative estimate of drug-likeness (QED) is 0.727. The molecule has 0 radical (unpaired) electrons. The maximum absolute atomic E-state index is 12.4. The van der Waals surface area contributed by atoms with Crippen LogP contribution < -0.4 is 10.6 Å². The van der Waals surface area contributed by atoms with E-state index < -0.39 is 0 Å². The average Bonchev–Trinajstić information content (AvgIpc) is 3.36. The SMILES string of the molecule is CN(C)CCc1nnc(NC(=O)N2CCC(C(=O)NCc3ccco3)CC2)s1. The van der Waals surface area contributed by atoms with Gasteiger partial charge in [-0.25, -0.2) is 4.79 Å². The highest BCUT2D eigenvalue weighted by Crippen LogP contribution is 2.20. The van der Waals surface area contributed by atoms with Gasteiger partial charge in [-0.3, -0.25) is 10.1 Å². The Morgan fingerprint density at radius 2 is 2.11 bits per heavy atom. The lowest BCUT2D eigenvalue weighted by molar-refractivity contribution is -0.126. The molecule has 2 aromatic rings. The van der Waals surface area contributed by atoms with Gasteiger partial charge in [-0.05, 0) is 39.1 Å². The van der Waals surface area contributed by atoms with Gasteiger partial charge in [0.2, 0.25) is 11.0 Å². The molecule has 0 atom stereocenters. The van der Waals surface area contributed by atoms with E-state index in [1.807, 2.05) is 20.2 Å². The number of nitrogens with zero attached hydrogens (tertiary/aromatic N) is 4. The fourth-order valence-corrected chi connectivity index (χ4v) is 3.69. The predicted molar refractivity (Wildman–Crippen MR) is 106 cm³/mol. The van der Waals surface area contributed by atoms with Crippen molar-refractivity contribution in [3.05, 3.63) is 29.2 Å². The van der Waals surface area contributed by atoms with Crippen molar-refractivity contribution >= 4 is 28.4 Å². The zero-order valence-electron chi connectivity index (χ0n) is 16.2. The summed E-state index contributed by atoms with van der Waals surface area (Å²) in [6.07, 6.45) is 3.67. The lowest BCUT2D eigenvalue weighted by Gasteiger charge is -2.31. The Morgan fingerprint density at radius 3 is 2.79 bits per heavy atom. The maximum atomic E-state index is 12.4. The summed E-state index contributed by atoms with van der Waals surface area (Å²) in [6.45, 7) is 2.35. The molecule has 0 unspecified atom stereocenters. The number of piperidine rings is 1. The standard InChI is InChI=1S/C18H26N6O3S/c1-23(2)8-7-15-21-22-17(28-15)20-18(26)24-9-5-13(6-10-24)16(25)19-12-14-4-3-11-27-14/h3-4,11,13H,5-10,12H2,1-2H3,(H,19,25)(H,20,22,26). The second-order valence-corrected chi connectivity index (χ2v) is 8.10. The molecule has 0 bridgehead atoms. The molecular formula is C18H26N6O3S. The van der Waals surface area contributed by atoms with Crippen molar-refractivity contribution in [3.8, 4) is 0 Å². The van der Waals surface area contributed by atoms with E-state index in [0.29, 0.717) is 37.6 Å². The van der Waals surface area contributed by atoms with Crippen LogP contribution in [0.25, 0.3) is 0 Å². The number of likely N-dealkylation sites (tertiary alicyclic amines) is 1. The molecule has 0 aromatic carbocycles. The third kappa shape index (κ3) is 5.77. The van der Waals surface area contributed by atoms with Gasteiger partial charge in [0.15, 0.2) is 0 Å². The number of urea groups is 1. The van der Waals surface area contributed by atoms with Crippen molar-refractivity contribution in [2.24, 2.45) is 5.92 Å². The van der Waals surface area contributed by atoms with E-state index in [-0.39, 0.29) is 17.9 Å². The number of anilines is 1. The zero-order valence-corrected chi connectivity index (χ0v) is 17.0. The number of aromatic nitrogens is 2. The van der Waals surface area contributed by atoms with Gasteiger partial charge >= 0.3 is 6.03 Å². The number of rotatable bonds is 7. The normalized spacial score (nSPS) is 15.0. The number of hydrogen-bond donors (Lipinski definition) is 2. The van der Waals surface area contributed by atoms with E-state index in [0.717, 1.165) is 23.7 Å². The highest BCUT2D eigenvalue weighted by molar-refractivity contribution is 7.15. The van der Waals surface area contributed by atoms with E-state index >= 15 is 0 Å². The predicted octanol–water partition coefficient (Wildman–Crippen LogP) is 1.80. The summed E-state index contributed by atoms with van der Waals surface area (Å²) in [5.41, 5.74) is 0. The lowest BCUT2D eigenvalue weighted by atomic mass is 9.96. The van der Waals surface area contributed by atoms with E-state index in [1.54, 1.807) is 17.2 Å². The smallest absolute Gasteiger partial charge is 0.323 e. The third-order valence-electron chi connectivity index (χ3n) is 4.62. The Kier molecular flexibility index (Phi) is 6.99. The number of likely N-dealkylation sites (N-methyl/N-ethyl adjacent to an activating group) is 1. The van der Waals surface area contributed by atoms with Gasteiger partial charge in [0.1, 0.15) is 10.8 Å². The molecular weight excluding hydrogens is 380 g/mol. The summed E-state index contributed by atoms with van der Waals surface area (Å²) < 4.78 is 5.22. The van der Waals surface area contributed by atoms with Crippen LogP contribution in [-0.4, -0.2) is 65.7 Å². The molecule has 3 rings (SSSR count). The van der Waals surface area contributed by atoms with Crippen molar-refractivity contribution < 1.29 is 14.0 Å². The van der Waals surface area contributed by atoms with Crippen molar-refractivity contribution in [2.45, 2.75) is 25.8 Å². The largest absolute Gasteiger partial charge is 0.467 e. The number of carbonyl (C=O) groups is 2. The summed E-state index contributed by atoms with van der Waals surface area (Å²) in [5, 5.41) is 15.3. The molecule has 28 heavy (non-hydrogen) atoms. The van der Waals surface area contributed by atoms with Crippen molar-refractivity contribution in [1.29, 1.82) is 0 Å². The van der Waals surface area contributed by atoms with Crippen molar-refractivity contribution in [1.82, 2.24) is 25.3 Å². The molecule has 1 aliphatic heterocycles. The Morgan fingerprint density at radius 1 is 1.32 bits per heavy atom. The Hall–Kier alpha value is -2.46. The van der Waals surface area contributed by atoms with Gasteiger partial charge in [-0.1, -0.05) is 11.3 Å². The van der Waals surface area contributed by atoms with Crippen LogP contribution in [0.4, 0.5) is 9.93 Å². The maximum Gasteiger partial charge on any atom is 0.323 e. The first-order valence-electron chi connectivity index (χ1n) is 9.34. The van der Waals surface area contributed by atoms with Crippen LogP contribution in [0.3, 0.4) is 0 Å². The van der Waals surface area contributed by atoms with Crippen LogP contribution in [0, 0.1) is 5.92 Å². The number of amides is 3. The molecule has 0 aliphatic carbocycles. The van der Waals surface area contributed by atoms with Crippen LogP contribution in [0.5, 0.6) is 0 Å². The second-order valence-electron chi connectivity index (χ2n) is 7.04. The summed E-state index contributed by atoms with van der Waals surface area (Å²) in [4.78, 5) is 28.5. The van der Waals surface area contributed by atoms with Gasteiger partial charge < -0.3 is 19.5 Å². The van der Waals surface area contributed by atoms with Crippen LogP contribution >= 0.6 is 11.3 Å². The van der Waals surface area contributed by atoms with Crippen LogP contribution in [-0.2, 0) is 17.8 Å². The molecule has 2 aromatic heterocycles. The molecule has 0 spiro atoms. The Balaban J connectivity index is 1.40.